The van der Waals surface area contributed by atoms with Gasteiger partial charge in [-0.15, -0.1) is 0 Å². The third-order valence-corrected chi connectivity index (χ3v) is 2.85. The Morgan fingerprint density at radius 2 is 2.14 bits per heavy atom. The number of nitrogens with one attached hydrogen (secondary N) is 1. The van der Waals surface area contributed by atoms with Crippen molar-refractivity contribution >= 4 is 17.1 Å². The molecule has 0 heterocycles. The van der Waals surface area contributed by atoms with Crippen LogP contribution < -0.4 is 5.32 Å². The summed E-state index contributed by atoms with van der Waals surface area (Å²) in [7, 11) is 1.62. The Balaban J connectivity index is 2.29. The van der Waals surface area contributed by atoms with Gasteiger partial charge in [-0.05, 0) is 23.8 Å². The molecule has 0 unspecified atom stereocenters. The highest BCUT2D eigenvalue weighted by Crippen LogP contribution is 2.25. The van der Waals surface area contributed by atoms with E-state index in [9.17, 15) is 10.1 Å². The third kappa shape index (κ3) is 3.55. The van der Waals surface area contributed by atoms with Crippen molar-refractivity contribution in [2.45, 2.75) is 6.61 Å². The highest BCUT2D eigenvalue weighted by molar-refractivity contribution is 5.68. The van der Waals surface area contributed by atoms with Crippen LogP contribution in [0.3, 0.4) is 0 Å². The molecule has 2 rings (SSSR count). The lowest BCUT2D eigenvalue weighted by atomic mass is 10.1. The maximum absolute atomic E-state index is 10.7. The van der Waals surface area contributed by atoms with Crippen LogP contribution in [-0.2, 0) is 11.3 Å². The maximum atomic E-state index is 10.7. The van der Waals surface area contributed by atoms with E-state index in [1.807, 2.05) is 30.3 Å². The second kappa shape index (κ2) is 6.50. The van der Waals surface area contributed by atoms with E-state index in [1.165, 1.54) is 18.2 Å². The lowest BCUT2D eigenvalue weighted by Gasteiger charge is -2.09. The molecule has 0 radical (unpaired) electrons. The predicted octanol–water partition coefficient (Wildman–Crippen LogP) is 3.36. The van der Waals surface area contributed by atoms with Gasteiger partial charge in [0.25, 0.3) is 5.69 Å². The zero-order valence-corrected chi connectivity index (χ0v) is 11.4. The number of anilines is 2. The summed E-state index contributed by atoms with van der Waals surface area (Å²) in [6, 6.07) is 13.6. The highest BCUT2D eigenvalue weighted by atomic mass is 16.6. The molecule has 0 saturated heterocycles. The van der Waals surface area contributed by atoms with Crippen molar-refractivity contribution in [3.8, 4) is 6.07 Å². The summed E-state index contributed by atoms with van der Waals surface area (Å²) >= 11 is 0. The summed E-state index contributed by atoms with van der Waals surface area (Å²) in [4.78, 5) is 10.2. The monoisotopic (exact) mass is 283 g/mol. The molecule has 0 aliphatic carbocycles. The zero-order chi connectivity index (χ0) is 15.2. The van der Waals surface area contributed by atoms with Crippen molar-refractivity contribution in [2.24, 2.45) is 0 Å². The Morgan fingerprint density at radius 1 is 1.33 bits per heavy atom. The van der Waals surface area contributed by atoms with E-state index in [4.69, 9.17) is 10.00 Å². The van der Waals surface area contributed by atoms with Gasteiger partial charge < -0.3 is 10.1 Å². The van der Waals surface area contributed by atoms with Crippen LogP contribution in [0, 0.1) is 21.4 Å². The van der Waals surface area contributed by atoms with E-state index in [1.54, 1.807) is 7.11 Å². The first-order valence-corrected chi connectivity index (χ1v) is 6.17. The lowest BCUT2D eigenvalue weighted by Crippen LogP contribution is -1.97. The highest BCUT2D eigenvalue weighted by Gasteiger charge is 2.10. The van der Waals surface area contributed by atoms with Gasteiger partial charge in [-0.2, -0.15) is 5.26 Å². The van der Waals surface area contributed by atoms with Crippen LogP contribution in [-0.4, -0.2) is 12.0 Å². The summed E-state index contributed by atoms with van der Waals surface area (Å²) in [5.74, 6) is 0. The van der Waals surface area contributed by atoms with E-state index in [2.05, 4.69) is 5.32 Å². The van der Waals surface area contributed by atoms with Crippen LogP contribution >= 0.6 is 0 Å². The van der Waals surface area contributed by atoms with Gasteiger partial charge in [0, 0.05) is 24.9 Å². The van der Waals surface area contributed by atoms with E-state index in [0.29, 0.717) is 12.3 Å². The number of non-ortho nitro benzene ring substituents is 1. The SMILES string of the molecule is COCc1cccc(Nc2ccc([N+](=O)[O-])cc2C#N)c1. The molecule has 6 nitrogen and oxygen atoms in total. The van der Waals surface area contributed by atoms with Crippen molar-refractivity contribution in [1.82, 2.24) is 0 Å². The largest absolute Gasteiger partial charge is 0.380 e. The molecule has 0 aliphatic heterocycles. The molecule has 21 heavy (non-hydrogen) atoms. The number of nitriles is 1. The molecular formula is C15H13N3O3. The van der Waals surface area contributed by atoms with Gasteiger partial charge in [0.05, 0.1) is 22.8 Å². The van der Waals surface area contributed by atoms with Crippen molar-refractivity contribution in [1.29, 1.82) is 5.26 Å². The summed E-state index contributed by atoms with van der Waals surface area (Å²) in [5, 5.41) is 22.9. The molecular weight excluding hydrogens is 270 g/mol. The molecule has 0 bridgehead atoms. The normalized spacial score (nSPS) is 9.90. The number of hydrogen-bond donors (Lipinski definition) is 1. The fraction of sp³-hybridized carbons (Fsp3) is 0.133. The van der Waals surface area contributed by atoms with Crippen molar-refractivity contribution in [3.05, 3.63) is 63.7 Å². The number of hydrogen-bond acceptors (Lipinski definition) is 5. The predicted molar refractivity (Wildman–Crippen MR) is 78.2 cm³/mol. The smallest absolute Gasteiger partial charge is 0.270 e. The number of methoxy groups -OCH3 is 1. The topological polar surface area (TPSA) is 88.2 Å². The van der Waals surface area contributed by atoms with Gasteiger partial charge in [0.2, 0.25) is 0 Å². The second-order valence-corrected chi connectivity index (χ2v) is 4.36. The van der Waals surface area contributed by atoms with E-state index in [0.717, 1.165) is 11.3 Å². The maximum Gasteiger partial charge on any atom is 0.270 e. The number of ether oxygens (including phenoxy) is 1. The van der Waals surface area contributed by atoms with Gasteiger partial charge in [-0.25, -0.2) is 0 Å². The van der Waals surface area contributed by atoms with Crippen molar-refractivity contribution < 1.29 is 9.66 Å². The van der Waals surface area contributed by atoms with E-state index < -0.39 is 4.92 Å². The Kier molecular flexibility index (Phi) is 4.49. The van der Waals surface area contributed by atoms with Crippen LogP contribution in [0.4, 0.5) is 17.1 Å². The molecule has 106 valence electrons. The average molecular weight is 283 g/mol. The fourth-order valence-corrected chi connectivity index (χ4v) is 1.91. The number of nitro groups is 1. The Bertz CT molecular complexity index is 708. The average Bonchev–Trinajstić information content (AvgIpc) is 2.48. The molecule has 0 amide bonds. The molecule has 6 heteroatoms. The van der Waals surface area contributed by atoms with Gasteiger partial charge in [-0.3, -0.25) is 10.1 Å². The number of benzene rings is 2. The Morgan fingerprint density at radius 3 is 2.81 bits per heavy atom. The van der Waals surface area contributed by atoms with E-state index >= 15 is 0 Å². The minimum atomic E-state index is -0.524. The Hall–Kier alpha value is -2.91. The standard InChI is InChI=1S/C15H13N3O3/c1-21-10-11-3-2-4-13(7-11)17-15-6-5-14(18(19)20)8-12(15)9-16/h2-8,17H,10H2,1H3. The van der Waals surface area contributed by atoms with Crippen LogP contribution in [0.1, 0.15) is 11.1 Å². The molecule has 1 N–H and O–H groups in total. The summed E-state index contributed by atoms with van der Waals surface area (Å²) in [5.41, 5.74) is 2.42. The molecule has 0 saturated carbocycles. The molecule has 0 spiro atoms. The fourth-order valence-electron chi connectivity index (χ4n) is 1.91. The number of rotatable bonds is 5. The first kappa shape index (κ1) is 14.5. The van der Waals surface area contributed by atoms with Gasteiger partial charge in [0.1, 0.15) is 6.07 Å². The van der Waals surface area contributed by atoms with Crippen LogP contribution in [0.2, 0.25) is 0 Å². The van der Waals surface area contributed by atoms with Crippen LogP contribution in [0.5, 0.6) is 0 Å². The molecule has 0 atom stereocenters. The molecule has 2 aromatic carbocycles. The second-order valence-electron chi connectivity index (χ2n) is 4.36. The first-order valence-electron chi connectivity index (χ1n) is 6.17. The minimum Gasteiger partial charge on any atom is -0.380 e. The molecule has 0 aromatic heterocycles. The summed E-state index contributed by atoms with van der Waals surface area (Å²) in [6.07, 6.45) is 0. The molecule has 0 fully saturated rings. The van der Waals surface area contributed by atoms with Crippen molar-refractivity contribution in [3.63, 3.8) is 0 Å². The summed E-state index contributed by atoms with van der Waals surface area (Å²) < 4.78 is 5.06. The van der Waals surface area contributed by atoms with E-state index in [-0.39, 0.29) is 11.3 Å². The van der Waals surface area contributed by atoms with Crippen LogP contribution in [0.25, 0.3) is 0 Å². The Labute approximate surface area is 121 Å². The first-order chi connectivity index (χ1) is 10.1. The minimum absolute atomic E-state index is 0.106. The molecule has 0 aliphatic rings. The van der Waals surface area contributed by atoms with Crippen molar-refractivity contribution in [2.75, 3.05) is 12.4 Å². The van der Waals surface area contributed by atoms with Gasteiger partial charge >= 0.3 is 0 Å². The third-order valence-electron chi connectivity index (χ3n) is 2.85. The molecule has 2 aromatic rings. The van der Waals surface area contributed by atoms with Gasteiger partial charge in [0.15, 0.2) is 0 Å². The number of nitrogens with zero attached hydrogens (tertiary/aromatic N) is 2. The summed E-state index contributed by atoms with van der Waals surface area (Å²) in [6.45, 7) is 0.487. The quantitative estimate of drug-likeness (QED) is 0.671. The van der Waals surface area contributed by atoms with Crippen LogP contribution in [0.15, 0.2) is 42.5 Å². The number of nitro benzene ring substituents is 1. The lowest BCUT2D eigenvalue weighted by molar-refractivity contribution is -0.384. The zero-order valence-electron chi connectivity index (χ0n) is 11.4. The van der Waals surface area contributed by atoms with Gasteiger partial charge in [-0.1, -0.05) is 12.1 Å².